The van der Waals surface area contributed by atoms with Crippen LogP contribution in [0.1, 0.15) is 0 Å². The molecule has 0 aliphatic carbocycles. The summed E-state index contributed by atoms with van der Waals surface area (Å²) in [6.45, 7) is 0. The van der Waals surface area contributed by atoms with E-state index in [0.29, 0.717) is 0 Å². The van der Waals surface area contributed by atoms with Crippen molar-refractivity contribution in [2.75, 3.05) is 0 Å². The minimum absolute atomic E-state index is 0. The van der Waals surface area contributed by atoms with Gasteiger partial charge in [0.25, 0.3) is 0 Å². The summed E-state index contributed by atoms with van der Waals surface area (Å²) in [5.41, 5.74) is -3.22. The van der Waals surface area contributed by atoms with Gasteiger partial charge in [0.1, 0.15) is 10.9 Å². The van der Waals surface area contributed by atoms with Gasteiger partial charge in [-0.3, -0.25) is 0 Å². The van der Waals surface area contributed by atoms with E-state index >= 15 is 0 Å². The minimum Gasteiger partial charge on any atom is -0.534 e. The van der Waals surface area contributed by atoms with Gasteiger partial charge in [-0.15, -0.1) is 0 Å². The Morgan fingerprint density at radius 2 is 1.00 bits per heavy atom. The fourth-order valence-corrected chi connectivity index (χ4v) is 0. The van der Waals surface area contributed by atoms with Crippen LogP contribution in [0.3, 0.4) is 0 Å². The van der Waals surface area contributed by atoms with Crippen LogP contribution in [0.15, 0.2) is 0 Å². The van der Waals surface area contributed by atoms with Crippen LogP contribution in [0.25, 0.3) is 0 Å². The van der Waals surface area contributed by atoms with Crippen molar-refractivity contribution in [1.82, 2.24) is 0 Å². The van der Waals surface area contributed by atoms with Crippen molar-refractivity contribution in [1.29, 1.82) is 0 Å². The molecule has 0 radical (unpaired) electrons. The summed E-state index contributed by atoms with van der Waals surface area (Å²) < 4.78 is 0. The topological polar surface area (TPSA) is 80.3 Å². The van der Waals surface area contributed by atoms with Crippen LogP contribution in [-0.4, -0.2) is 10.9 Å². The van der Waals surface area contributed by atoms with Gasteiger partial charge in [-0.05, 0) is 0 Å². The molecule has 7 heteroatoms. The second kappa shape index (κ2) is 11.3. The van der Waals surface area contributed by atoms with Gasteiger partial charge in [-0.1, -0.05) is 23.2 Å². The summed E-state index contributed by atoms with van der Waals surface area (Å²) in [4.78, 5) is 17.3. The number of hydrogen-bond donors (Lipinski definition) is 0. The van der Waals surface area contributed by atoms with Crippen LogP contribution in [0.5, 0.6) is 0 Å². The summed E-state index contributed by atoms with van der Waals surface area (Å²) in [6.07, 6.45) is 0. The first-order valence-corrected chi connectivity index (χ1v) is 1.95. The summed E-state index contributed by atoms with van der Waals surface area (Å²) >= 11 is 8.16. The van der Waals surface area contributed by atoms with Crippen LogP contribution in [0.2, 0.25) is 0 Å². The third kappa shape index (κ3) is 1700. The number of halogens is 2. The molecule has 0 aromatic rings. The summed E-state index contributed by atoms with van der Waals surface area (Å²) in [7, 11) is 0. The molecule has 0 amide bonds. The number of carbonyl (C=O) groups is 2. The van der Waals surface area contributed by atoms with Crippen molar-refractivity contribution in [3.63, 3.8) is 0 Å². The molecule has 0 aliphatic heterocycles. The molecule has 0 rings (SSSR count). The van der Waals surface area contributed by atoms with Crippen molar-refractivity contribution in [3.8, 4) is 0 Å². The Morgan fingerprint density at radius 1 is 1.00 bits per heavy atom. The average Bonchev–Trinajstić information content (AvgIpc) is 1.25. The standard InChI is InChI=1S/2CHClO2.Hg/c2*2-1(3)4;/h2*(H,3,4);/q;;+2/p-2. The van der Waals surface area contributed by atoms with Gasteiger partial charge in [0.05, 0.1) is 0 Å². The van der Waals surface area contributed by atoms with E-state index < -0.39 is 10.9 Å². The Balaban J connectivity index is -0.0000000720. The Hall–Kier alpha value is 0.455. The molecule has 48 valence electrons. The first-order valence-electron chi connectivity index (χ1n) is 1.19. The second-order valence-electron chi connectivity index (χ2n) is 0.475. The first kappa shape index (κ1) is 16.2. The summed E-state index contributed by atoms with van der Waals surface area (Å²) in [6, 6.07) is 0. The third-order valence-electron chi connectivity index (χ3n) is 0. The van der Waals surface area contributed by atoms with E-state index in [1.54, 1.807) is 0 Å². The van der Waals surface area contributed by atoms with Gasteiger partial charge in [0.2, 0.25) is 0 Å². The molecule has 0 saturated carbocycles. The van der Waals surface area contributed by atoms with Crippen molar-refractivity contribution >= 4 is 34.1 Å². The molecule has 0 aliphatic rings. The Bertz CT molecular complexity index is 74.6. The zero-order chi connectivity index (χ0) is 7.15. The smallest absolute Gasteiger partial charge is 0.534 e. The van der Waals surface area contributed by atoms with Gasteiger partial charge in [-0.25, -0.2) is 0 Å². The van der Waals surface area contributed by atoms with Crippen molar-refractivity contribution in [2.24, 2.45) is 0 Å². The minimum atomic E-state index is -1.61. The van der Waals surface area contributed by atoms with Crippen LogP contribution in [0, 0.1) is 0 Å². The largest absolute Gasteiger partial charge is 2.00 e. The SMILES string of the molecule is O=C([O-])Cl.O=C([O-])Cl.[Hg+2]. The van der Waals surface area contributed by atoms with Crippen LogP contribution >= 0.6 is 23.2 Å². The molecule has 4 nitrogen and oxygen atoms in total. The molecule has 0 atom stereocenters. The van der Waals surface area contributed by atoms with Gasteiger partial charge in [-0.2, -0.15) is 0 Å². The Labute approximate surface area is 81.3 Å². The molecule has 0 fully saturated rings. The molecular formula is C2Cl2HgO4. The zero-order valence-electron chi connectivity index (χ0n) is 4.10. The summed E-state index contributed by atoms with van der Waals surface area (Å²) in [5.74, 6) is 0. The molecule has 0 aromatic heterocycles. The molecular weight excluding hydrogens is 360 g/mol. The molecule has 0 heterocycles. The van der Waals surface area contributed by atoms with E-state index in [1.165, 1.54) is 0 Å². The van der Waals surface area contributed by atoms with E-state index in [-0.39, 0.29) is 27.7 Å². The molecule has 9 heavy (non-hydrogen) atoms. The maximum atomic E-state index is 8.65. The van der Waals surface area contributed by atoms with Crippen molar-refractivity contribution < 1.29 is 47.5 Å². The van der Waals surface area contributed by atoms with Gasteiger partial charge < -0.3 is 19.8 Å². The molecule has 0 bridgehead atoms. The van der Waals surface area contributed by atoms with Gasteiger partial charge >= 0.3 is 27.7 Å². The maximum Gasteiger partial charge on any atom is 2.00 e. The van der Waals surface area contributed by atoms with E-state index in [9.17, 15) is 0 Å². The third-order valence-corrected chi connectivity index (χ3v) is 0. The number of carboxylic acid groups (broad SMARTS) is 2. The van der Waals surface area contributed by atoms with Crippen LogP contribution in [0.4, 0.5) is 9.59 Å². The fourth-order valence-electron chi connectivity index (χ4n) is 0. The number of rotatable bonds is 0. The van der Waals surface area contributed by atoms with E-state index in [2.05, 4.69) is 23.2 Å². The molecule has 0 aromatic carbocycles. The quantitative estimate of drug-likeness (QED) is 0.416. The predicted molar refractivity (Wildman–Crippen MR) is 22.5 cm³/mol. The first-order chi connectivity index (χ1) is 3.46. The van der Waals surface area contributed by atoms with Gasteiger partial charge in [0.15, 0.2) is 0 Å². The fraction of sp³-hybridized carbons (Fsp3) is 0. The van der Waals surface area contributed by atoms with Crippen LogP contribution < -0.4 is 10.2 Å². The Kier molecular flexibility index (Phi) is 20.3. The van der Waals surface area contributed by atoms with Crippen LogP contribution in [-0.2, 0) is 27.7 Å². The van der Waals surface area contributed by atoms with E-state index in [1.807, 2.05) is 0 Å². The average molecular weight is 360 g/mol. The normalized spacial score (nSPS) is 5.56. The molecule has 0 saturated heterocycles. The zero-order valence-corrected chi connectivity index (χ0v) is 11.1. The molecule has 0 spiro atoms. The number of carbonyl (C=O) groups excluding carboxylic acids is 2. The van der Waals surface area contributed by atoms with E-state index in [4.69, 9.17) is 19.8 Å². The second-order valence-corrected chi connectivity index (χ2v) is 1.09. The summed E-state index contributed by atoms with van der Waals surface area (Å²) in [5, 5.41) is 17.3. The molecule has 0 N–H and O–H groups in total. The van der Waals surface area contributed by atoms with Gasteiger partial charge in [0, 0.05) is 0 Å². The van der Waals surface area contributed by atoms with Crippen molar-refractivity contribution in [2.45, 2.75) is 0 Å². The maximum absolute atomic E-state index is 8.65. The van der Waals surface area contributed by atoms with E-state index in [0.717, 1.165) is 0 Å². The monoisotopic (exact) mass is 360 g/mol. The molecule has 0 unspecified atom stereocenters. The van der Waals surface area contributed by atoms with Crippen molar-refractivity contribution in [3.05, 3.63) is 0 Å². The number of hydrogen-bond acceptors (Lipinski definition) is 4. The Morgan fingerprint density at radius 3 is 1.00 bits per heavy atom. The predicted octanol–water partition coefficient (Wildman–Crippen LogP) is -0.865.